The van der Waals surface area contributed by atoms with Gasteiger partial charge >= 0.3 is 6.18 Å². The van der Waals surface area contributed by atoms with Crippen molar-refractivity contribution in [2.45, 2.75) is 26.2 Å². The lowest BCUT2D eigenvalue weighted by Crippen LogP contribution is -2.36. The molecule has 0 radical (unpaired) electrons. The molecule has 0 unspecified atom stereocenters. The zero-order valence-corrected chi connectivity index (χ0v) is 19.8. The van der Waals surface area contributed by atoms with Gasteiger partial charge in [0.15, 0.2) is 24.1 Å². The SMILES string of the molecule is CCNC(=NCc1ccc(OC)c(OC)c1)NCc1ccnc(OCC(F)(F)F)c1.I. The van der Waals surface area contributed by atoms with Crippen molar-refractivity contribution in [3.8, 4) is 17.4 Å². The lowest BCUT2D eigenvalue weighted by molar-refractivity contribution is -0.154. The van der Waals surface area contributed by atoms with Gasteiger partial charge in [-0.15, -0.1) is 24.0 Å². The predicted molar refractivity (Wildman–Crippen MR) is 122 cm³/mol. The number of rotatable bonds is 9. The minimum atomic E-state index is -4.41. The van der Waals surface area contributed by atoms with Crippen molar-refractivity contribution in [3.63, 3.8) is 0 Å². The van der Waals surface area contributed by atoms with Crippen molar-refractivity contribution < 1.29 is 27.4 Å². The molecule has 0 aliphatic rings. The van der Waals surface area contributed by atoms with Gasteiger partial charge in [-0.25, -0.2) is 9.98 Å². The number of aliphatic imine (C=N–C) groups is 1. The van der Waals surface area contributed by atoms with Gasteiger partial charge in [-0.3, -0.25) is 0 Å². The molecule has 172 valence electrons. The number of alkyl halides is 3. The fraction of sp³-hybridized carbons (Fsp3) is 0.400. The van der Waals surface area contributed by atoms with Crippen LogP contribution in [0.1, 0.15) is 18.1 Å². The standard InChI is InChI=1S/C20H25F3N4O3.HI/c1-4-24-19(26-11-14-5-6-16(28-2)17(9-14)29-3)27-12-15-7-8-25-18(10-15)30-13-20(21,22)23;/h5-10H,4,11-13H2,1-3H3,(H2,24,26,27);1H. The van der Waals surface area contributed by atoms with Crippen molar-refractivity contribution in [3.05, 3.63) is 47.7 Å². The van der Waals surface area contributed by atoms with E-state index < -0.39 is 12.8 Å². The summed E-state index contributed by atoms with van der Waals surface area (Å²) in [6, 6.07) is 8.69. The Hall–Kier alpha value is -2.44. The highest BCUT2D eigenvalue weighted by Crippen LogP contribution is 2.27. The molecule has 1 aromatic carbocycles. The van der Waals surface area contributed by atoms with E-state index in [9.17, 15) is 13.2 Å². The van der Waals surface area contributed by atoms with Crippen LogP contribution in [0.3, 0.4) is 0 Å². The minimum absolute atomic E-state index is 0. The smallest absolute Gasteiger partial charge is 0.422 e. The maximum absolute atomic E-state index is 12.3. The van der Waals surface area contributed by atoms with Gasteiger partial charge < -0.3 is 24.8 Å². The number of ether oxygens (including phenoxy) is 3. The summed E-state index contributed by atoms with van der Waals surface area (Å²) in [6.45, 7) is 1.93. The molecular formula is C20H26F3IN4O3. The summed E-state index contributed by atoms with van der Waals surface area (Å²) >= 11 is 0. The van der Waals surface area contributed by atoms with Crippen LogP contribution in [0.4, 0.5) is 13.2 Å². The van der Waals surface area contributed by atoms with Crippen molar-refractivity contribution >= 4 is 29.9 Å². The Morgan fingerprint density at radius 2 is 1.77 bits per heavy atom. The molecule has 2 N–H and O–H groups in total. The molecule has 0 amide bonds. The molecule has 0 spiro atoms. The number of nitrogens with one attached hydrogen (secondary N) is 2. The van der Waals surface area contributed by atoms with E-state index in [4.69, 9.17) is 9.47 Å². The average molecular weight is 554 g/mol. The Morgan fingerprint density at radius 1 is 1.03 bits per heavy atom. The molecule has 0 aliphatic carbocycles. The Kier molecular flexibility index (Phi) is 11.2. The molecule has 1 aromatic heterocycles. The first-order valence-corrected chi connectivity index (χ1v) is 9.22. The van der Waals surface area contributed by atoms with Crippen molar-refractivity contribution in [1.29, 1.82) is 0 Å². The molecule has 0 bridgehead atoms. The Morgan fingerprint density at radius 3 is 2.42 bits per heavy atom. The number of guanidine groups is 1. The van der Waals surface area contributed by atoms with Gasteiger partial charge in [0.2, 0.25) is 5.88 Å². The van der Waals surface area contributed by atoms with Crippen molar-refractivity contribution in [1.82, 2.24) is 15.6 Å². The molecule has 0 saturated heterocycles. The highest BCUT2D eigenvalue weighted by molar-refractivity contribution is 14.0. The summed E-state index contributed by atoms with van der Waals surface area (Å²) in [5.41, 5.74) is 1.63. The van der Waals surface area contributed by atoms with E-state index in [1.165, 1.54) is 12.3 Å². The number of hydrogen-bond donors (Lipinski definition) is 2. The molecule has 2 aromatic rings. The maximum atomic E-state index is 12.3. The van der Waals surface area contributed by atoms with Crippen molar-refractivity contribution in [2.75, 3.05) is 27.4 Å². The number of halogens is 4. The summed E-state index contributed by atoms with van der Waals surface area (Å²) in [4.78, 5) is 8.32. The summed E-state index contributed by atoms with van der Waals surface area (Å²) in [5, 5.41) is 6.26. The van der Waals surface area contributed by atoms with Crippen molar-refractivity contribution in [2.24, 2.45) is 4.99 Å². The largest absolute Gasteiger partial charge is 0.493 e. The van der Waals surface area contributed by atoms with Gasteiger partial charge in [0.05, 0.1) is 20.8 Å². The first-order valence-electron chi connectivity index (χ1n) is 9.22. The van der Waals surface area contributed by atoms with Crippen LogP contribution in [0.2, 0.25) is 0 Å². The second kappa shape index (κ2) is 13.1. The number of methoxy groups -OCH3 is 2. The average Bonchev–Trinajstić information content (AvgIpc) is 2.73. The second-order valence-corrected chi connectivity index (χ2v) is 6.14. The van der Waals surface area contributed by atoms with Crippen LogP contribution in [0, 0.1) is 0 Å². The number of benzene rings is 1. The lowest BCUT2D eigenvalue weighted by Gasteiger charge is -2.13. The first-order chi connectivity index (χ1) is 14.3. The molecule has 1 heterocycles. The van der Waals surface area contributed by atoms with Gasteiger partial charge in [0, 0.05) is 25.4 Å². The van der Waals surface area contributed by atoms with Crippen LogP contribution >= 0.6 is 24.0 Å². The first kappa shape index (κ1) is 26.6. The molecule has 7 nitrogen and oxygen atoms in total. The highest BCUT2D eigenvalue weighted by Gasteiger charge is 2.28. The fourth-order valence-corrected chi connectivity index (χ4v) is 2.47. The van der Waals surface area contributed by atoms with Gasteiger partial charge in [-0.2, -0.15) is 13.2 Å². The Bertz CT molecular complexity index is 851. The van der Waals surface area contributed by atoms with E-state index >= 15 is 0 Å². The van der Waals surface area contributed by atoms with Gasteiger partial charge in [0.1, 0.15) is 0 Å². The number of hydrogen-bond acceptors (Lipinski definition) is 5. The van der Waals surface area contributed by atoms with E-state index in [1.807, 2.05) is 25.1 Å². The van der Waals surface area contributed by atoms with Gasteiger partial charge in [-0.1, -0.05) is 6.07 Å². The summed E-state index contributed by atoms with van der Waals surface area (Å²) in [7, 11) is 3.14. The Balaban J connectivity index is 0.00000480. The van der Waals surface area contributed by atoms with Crippen LogP contribution in [-0.4, -0.2) is 44.5 Å². The van der Waals surface area contributed by atoms with E-state index in [0.717, 1.165) is 5.56 Å². The minimum Gasteiger partial charge on any atom is -0.493 e. The van der Waals surface area contributed by atoms with Crippen LogP contribution in [0.25, 0.3) is 0 Å². The molecule has 0 aliphatic heterocycles. The maximum Gasteiger partial charge on any atom is 0.422 e. The fourth-order valence-electron chi connectivity index (χ4n) is 2.47. The topological polar surface area (TPSA) is 77.0 Å². The quantitative estimate of drug-likeness (QED) is 0.278. The normalized spacial score (nSPS) is 11.4. The molecule has 31 heavy (non-hydrogen) atoms. The highest BCUT2D eigenvalue weighted by atomic mass is 127. The third-order valence-corrected chi connectivity index (χ3v) is 3.85. The van der Waals surface area contributed by atoms with E-state index in [0.29, 0.717) is 42.7 Å². The Labute approximate surface area is 196 Å². The summed E-state index contributed by atoms with van der Waals surface area (Å²) in [5.74, 6) is 1.73. The zero-order valence-electron chi connectivity index (χ0n) is 17.5. The molecular weight excluding hydrogens is 528 g/mol. The molecule has 0 fully saturated rings. The molecule has 2 rings (SSSR count). The predicted octanol–water partition coefficient (Wildman–Crippen LogP) is 3.91. The molecule has 11 heteroatoms. The van der Waals surface area contributed by atoms with Gasteiger partial charge in [0.25, 0.3) is 0 Å². The van der Waals surface area contributed by atoms with E-state index in [1.54, 1.807) is 20.3 Å². The molecule has 0 atom stereocenters. The molecule has 0 saturated carbocycles. The monoisotopic (exact) mass is 554 g/mol. The third kappa shape index (κ3) is 9.49. The lowest BCUT2D eigenvalue weighted by atomic mass is 10.2. The van der Waals surface area contributed by atoms with Crippen LogP contribution in [0.15, 0.2) is 41.5 Å². The van der Waals surface area contributed by atoms with Crippen LogP contribution in [0.5, 0.6) is 17.4 Å². The summed E-state index contributed by atoms with van der Waals surface area (Å²) < 4.78 is 52.1. The third-order valence-electron chi connectivity index (χ3n) is 3.85. The number of pyridine rings is 1. The van der Waals surface area contributed by atoms with E-state index in [-0.39, 0.29) is 29.9 Å². The second-order valence-electron chi connectivity index (χ2n) is 6.14. The summed E-state index contributed by atoms with van der Waals surface area (Å²) in [6.07, 6.45) is -3.01. The van der Waals surface area contributed by atoms with Crippen LogP contribution < -0.4 is 24.8 Å². The zero-order chi connectivity index (χ0) is 22.0. The number of nitrogens with zero attached hydrogens (tertiary/aromatic N) is 2. The van der Waals surface area contributed by atoms with Crippen LogP contribution in [-0.2, 0) is 13.1 Å². The van der Waals surface area contributed by atoms with Gasteiger partial charge in [-0.05, 0) is 36.2 Å². The number of aromatic nitrogens is 1. The van der Waals surface area contributed by atoms with E-state index in [2.05, 4.69) is 25.3 Å².